The summed E-state index contributed by atoms with van der Waals surface area (Å²) in [7, 11) is 0. The van der Waals surface area contributed by atoms with Crippen LogP contribution >= 0.6 is 11.6 Å². The van der Waals surface area contributed by atoms with Gasteiger partial charge >= 0.3 is 0 Å². The molecule has 3 aromatic rings. The third-order valence-electron chi connectivity index (χ3n) is 6.48. The van der Waals surface area contributed by atoms with Gasteiger partial charge in [0.25, 0.3) is 11.8 Å². The molecule has 0 bridgehead atoms. The molecule has 0 fully saturated rings. The fraction of sp³-hybridized carbons (Fsp3) is 0.318. The van der Waals surface area contributed by atoms with Gasteiger partial charge in [0.05, 0.1) is 17.0 Å². The van der Waals surface area contributed by atoms with Gasteiger partial charge in [0, 0.05) is 42.9 Å². The molecule has 0 unspecified atom stereocenters. The van der Waals surface area contributed by atoms with Crippen molar-refractivity contribution in [3.63, 3.8) is 0 Å². The van der Waals surface area contributed by atoms with Crippen LogP contribution in [-0.4, -0.2) is 44.8 Å². The highest BCUT2D eigenvalue weighted by Crippen LogP contribution is 2.42. The van der Waals surface area contributed by atoms with Crippen LogP contribution in [0.5, 0.6) is 0 Å². The van der Waals surface area contributed by atoms with Gasteiger partial charge in [-0.05, 0) is 35.6 Å². The number of anilines is 2. The van der Waals surface area contributed by atoms with Gasteiger partial charge in [0.1, 0.15) is 11.4 Å². The number of halogens is 2. The summed E-state index contributed by atoms with van der Waals surface area (Å²) in [5.74, 6) is -0.953. The molecule has 3 aromatic heterocycles. The number of aromatic nitrogens is 4. The Hall–Kier alpha value is -3.53. The highest BCUT2D eigenvalue weighted by atomic mass is 35.5. The smallest absolute Gasteiger partial charge is 0.256 e. The lowest BCUT2D eigenvalue weighted by Crippen LogP contribution is -2.34. The van der Waals surface area contributed by atoms with E-state index >= 15 is 4.39 Å². The Labute approximate surface area is 192 Å². The Morgan fingerprint density at radius 3 is 2.73 bits per heavy atom. The molecule has 6 rings (SSSR count). The Kier molecular flexibility index (Phi) is 4.41. The van der Waals surface area contributed by atoms with Crippen LogP contribution in [0.2, 0.25) is 5.28 Å². The van der Waals surface area contributed by atoms with Crippen LogP contribution in [0, 0.1) is 5.82 Å². The van der Waals surface area contributed by atoms with E-state index in [2.05, 4.69) is 35.9 Å². The second-order valence-electron chi connectivity index (χ2n) is 8.49. The van der Waals surface area contributed by atoms with Crippen LogP contribution in [-0.2, 0) is 19.3 Å². The number of rotatable bonds is 2. The summed E-state index contributed by atoms with van der Waals surface area (Å²) in [5.41, 5.74) is 4.72. The maximum absolute atomic E-state index is 15.9. The summed E-state index contributed by atoms with van der Waals surface area (Å²) in [6, 6.07) is 0. The third-order valence-corrected chi connectivity index (χ3v) is 6.65. The molecule has 0 aromatic carbocycles. The fourth-order valence-corrected chi connectivity index (χ4v) is 5.09. The van der Waals surface area contributed by atoms with Gasteiger partial charge in [-0.15, -0.1) is 0 Å². The van der Waals surface area contributed by atoms with Crippen LogP contribution in [0.25, 0.3) is 11.3 Å². The molecule has 2 amide bonds. The number of H-pyrrole nitrogens is 1. The summed E-state index contributed by atoms with van der Waals surface area (Å²) >= 11 is 6.05. The van der Waals surface area contributed by atoms with Crippen LogP contribution in [0.3, 0.4) is 0 Å². The van der Waals surface area contributed by atoms with Gasteiger partial charge in [-0.25, -0.2) is 14.4 Å². The average Bonchev–Trinajstić information content (AvgIpc) is 3.19. The van der Waals surface area contributed by atoms with Crippen molar-refractivity contribution in [2.75, 3.05) is 18.4 Å². The molecule has 0 saturated carbocycles. The van der Waals surface area contributed by atoms with E-state index in [0.717, 1.165) is 16.8 Å². The van der Waals surface area contributed by atoms with Crippen molar-refractivity contribution in [1.82, 2.24) is 30.6 Å². The van der Waals surface area contributed by atoms with E-state index in [1.807, 2.05) is 6.92 Å². The molecule has 0 radical (unpaired) electrons. The molecule has 9 nitrogen and oxygen atoms in total. The number of aryl methyl sites for hydroxylation is 1. The van der Waals surface area contributed by atoms with E-state index in [9.17, 15) is 9.59 Å². The van der Waals surface area contributed by atoms with Gasteiger partial charge in [-0.3, -0.25) is 9.59 Å². The van der Waals surface area contributed by atoms with Crippen molar-refractivity contribution in [2.24, 2.45) is 0 Å². The van der Waals surface area contributed by atoms with Gasteiger partial charge in [0.2, 0.25) is 5.28 Å². The summed E-state index contributed by atoms with van der Waals surface area (Å²) in [5, 5.41) is 8.46. The molecule has 11 heteroatoms. The number of amides is 2. The number of hydrogen-bond acceptors (Lipinski definition) is 6. The van der Waals surface area contributed by atoms with Crippen molar-refractivity contribution in [2.45, 2.75) is 32.1 Å². The summed E-state index contributed by atoms with van der Waals surface area (Å²) < 4.78 is 15.9. The molecule has 0 saturated heterocycles. The van der Waals surface area contributed by atoms with E-state index in [4.69, 9.17) is 11.6 Å². The SMILES string of the molecule is C[C@@H]1CNC(=O)c2c1[nH]c1c2CCc2cnc(Nc3nc(Cl)nc4c3C(=O)NCC4)c(F)c2-1. The number of carbonyl (C=O) groups is 2. The molecular weight excluding hydrogens is 449 g/mol. The highest BCUT2D eigenvalue weighted by Gasteiger charge is 2.34. The molecule has 4 N–H and O–H groups in total. The van der Waals surface area contributed by atoms with E-state index in [1.165, 1.54) is 0 Å². The van der Waals surface area contributed by atoms with E-state index in [-0.39, 0.29) is 40.2 Å². The molecular formula is C22H19ClFN7O2. The van der Waals surface area contributed by atoms with Gasteiger partial charge < -0.3 is 20.9 Å². The van der Waals surface area contributed by atoms with Crippen LogP contribution < -0.4 is 16.0 Å². The van der Waals surface area contributed by atoms with E-state index < -0.39 is 5.82 Å². The number of nitrogens with one attached hydrogen (secondary N) is 4. The largest absolute Gasteiger partial charge is 0.357 e. The number of aromatic amines is 1. The van der Waals surface area contributed by atoms with Gasteiger partial charge in [-0.1, -0.05) is 6.92 Å². The van der Waals surface area contributed by atoms with Crippen molar-refractivity contribution in [3.8, 4) is 11.3 Å². The van der Waals surface area contributed by atoms with E-state index in [1.54, 1.807) is 6.20 Å². The zero-order valence-corrected chi connectivity index (χ0v) is 18.4. The average molecular weight is 468 g/mol. The molecule has 1 aliphatic carbocycles. The molecule has 2 aliphatic heterocycles. The van der Waals surface area contributed by atoms with E-state index in [0.29, 0.717) is 54.9 Å². The lowest BCUT2D eigenvalue weighted by Gasteiger charge is -2.22. The number of pyridine rings is 1. The number of carbonyl (C=O) groups excluding carboxylic acids is 2. The zero-order chi connectivity index (χ0) is 22.9. The Morgan fingerprint density at radius 2 is 1.88 bits per heavy atom. The minimum absolute atomic E-state index is 0.0383. The maximum Gasteiger partial charge on any atom is 0.256 e. The summed E-state index contributed by atoms with van der Waals surface area (Å²) in [6.07, 6.45) is 3.30. The van der Waals surface area contributed by atoms with Crippen molar-refractivity contribution < 1.29 is 14.0 Å². The van der Waals surface area contributed by atoms with Crippen LogP contribution in [0.1, 0.15) is 56.1 Å². The first kappa shape index (κ1) is 20.1. The number of fused-ring (bicyclic) bond motifs is 6. The molecule has 3 aliphatic rings. The standard InChI is InChI=1S/C22H19ClFN7O2/c1-8-6-27-20(32)13-10-3-2-9-7-26-19(15(24)12(9)17(10)29-16(8)13)30-18-14-11(28-22(23)31-18)4-5-25-21(14)33/h7-8,29H,2-6H2,1H3,(H,25,33)(H,27,32)(H,26,28,30,31)/t8-/m1/s1. The first-order chi connectivity index (χ1) is 15.9. The lowest BCUT2D eigenvalue weighted by atomic mass is 9.87. The monoisotopic (exact) mass is 467 g/mol. The predicted octanol–water partition coefficient (Wildman–Crippen LogP) is 2.63. The van der Waals surface area contributed by atoms with Gasteiger partial charge in [-0.2, -0.15) is 4.98 Å². The molecule has 0 spiro atoms. The lowest BCUT2D eigenvalue weighted by molar-refractivity contribution is 0.0934. The first-order valence-corrected chi connectivity index (χ1v) is 11.1. The Balaban J connectivity index is 1.48. The second-order valence-corrected chi connectivity index (χ2v) is 8.83. The second kappa shape index (κ2) is 7.24. The fourth-order valence-electron chi connectivity index (χ4n) is 4.90. The first-order valence-electron chi connectivity index (χ1n) is 10.7. The quantitative estimate of drug-likeness (QED) is 0.429. The third kappa shape index (κ3) is 3.01. The summed E-state index contributed by atoms with van der Waals surface area (Å²) in [4.78, 5) is 40.8. The highest BCUT2D eigenvalue weighted by molar-refractivity contribution is 6.28. The molecule has 168 valence electrons. The van der Waals surface area contributed by atoms with Crippen molar-refractivity contribution in [3.05, 3.63) is 50.9 Å². The molecule has 33 heavy (non-hydrogen) atoms. The Morgan fingerprint density at radius 1 is 1.06 bits per heavy atom. The van der Waals surface area contributed by atoms with Crippen LogP contribution in [0.15, 0.2) is 6.20 Å². The maximum atomic E-state index is 15.9. The molecule has 1 atom stereocenters. The predicted molar refractivity (Wildman–Crippen MR) is 118 cm³/mol. The van der Waals surface area contributed by atoms with Crippen LogP contribution in [0.4, 0.5) is 16.0 Å². The summed E-state index contributed by atoms with van der Waals surface area (Å²) in [6.45, 7) is 2.99. The normalized spacial score (nSPS) is 18.5. The minimum atomic E-state index is -0.584. The Bertz CT molecular complexity index is 1370. The molecule has 5 heterocycles. The topological polar surface area (TPSA) is 125 Å². The number of nitrogens with zero attached hydrogens (tertiary/aromatic N) is 3. The van der Waals surface area contributed by atoms with Crippen molar-refractivity contribution >= 4 is 35.1 Å². The van der Waals surface area contributed by atoms with Gasteiger partial charge in [0.15, 0.2) is 11.6 Å². The minimum Gasteiger partial charge on any atom is -0.357 e. The zero-order valence-electron chi connectivity index (χ0n) is 17.6. The van der Waals surface area contributed by atoms with Crippen molar-refractivity contribution in [1.29, 1.82) is 0 Å². The number of hydrogen-bond donors (Lipinski definition) is 4.